The van der Waals surface area contributed by atoms with Gasteiger partial charge in [-0.3, -0.25) is 4.79 Å². The van der Waals surface area contributed by atoms with Crippen LogP contribution in [0.15, 0.2) is 41.9 Å². The maximum atomic E-state index is 13.0. The molecule has 0 aliphatic carbocycles. The molecule has 3 aromatic rings. The predicted molar refractivity (Wildman–Crippen MR) is 113 cm³/mol. The van der Waals surface area contributed by atoms with Crippen LogP contribution in [0, 0.1) is 12.8 Å². The van der Waals surface area contributed by atoms with Crippen molar-refractivity contribution >= 4 is 28.6 Å². The summed E-state index contributed by atoms with van der Waals surface area (Å²) in [6, 6.07) is 10.4. The number of carbonyl (C=O) groups excluding carboxylic acids is 1. The molecule has 0 radical (unpaired) electrons. The van der Waals surface area contributed by atoms with E-state index in [0.717, 1.165) is 56.1 Å². The second-order valence-corrected chi connectivity index (χ2v) is 8.69. The van der Waals surface area contributed by atoms with Gasteiger partial charge in [-0.15, -0.1) is 11.3 Å². The minimum absolute atomic E-state index is 0.00138. The fourth-order valence-electron chi connectivity index (χ4n) is 4.39. The fourth-order valence-corrected chi connectivity index (χ4v) is 5.28. The number of carbonyl (C=O) groups is 1. The average Bonchev–Trinajstić information content (AvgIpc) is 3.34. The van der Waals surface area contributed by atoms with Crippen LogP contribution in [0.1, 0.15) is 28.4 Å². The second kappa shape index (κ2) is 7.09. The number of thiophene rings is 1. The standard InChI is InChI=1S/C22H24N4OS/c1-15-23-13-18-12-16(6-10-26(15)18)22(27)24-19-4-2-3-5-20(19)25-9-7-21-17(14-25)8-11-28-21/h2-5,8,11,13,16H,6-7,9-10,12,14H2,1H3,(H,24,27)/t16-/m0/s1. The molecule has 1 N–H and O–H groups in total. The number of nitrogens with one attached hydrogen (secondary N) is 1. The van der Waals surface area contributed by atoms with Crippen molar-refractivity contribution in [3.05, 3.63) is 63.9 Å². The molecule has 28 heavy (non-hydrogen) atoms. The molecule has 2 aliphatic heterocycles. The Morgan fingerprint density at radius 2 is 2.14 bits per heavy atom. The van der Waals surface area contributed by atoms with Crippen molar-refractivity contribution in [3.63, 3.8) is 0 Å². The third-order valence-corrected chi connectivity index (χ3v) is 7.00. The summed E-state index contributed by atoms with van der Waals surface area (Å²) in [5.74, 6) is 1.16. The van der Waals surface area contributed by atoms with Gasteiger partial charge in [-0.25, -0.2) is 4.98 Å². The second-order valence-electron chi connectivity index (χ2n) is 7.69. The number of aryl methyl sites for hydroxylation is 1. The van der Waals surface area contributed by atoms with E-state index >= 15 is 0 Å². The molecule has 0 unspecified atom stereocenters. The number of amides is 1. The molecule has 2 aliphatic rings. The number of para-hydroxylation sites is 2. The summed E-state index contributed by atoms with van der Waals surface area (Å²) in [6.07, 6.45) is 4.60. The zero-order valence-electron chi connectivity index (χ0n) is 16.0. The Balaban J connectivity index is 1.33. The number of hydrogen-bond donors (Lipinski definition) is 1. The van der Waals surface area contributed by atoms with E-state index in [4.69, 9.17) is 0 Å². The highest BCUT2D eigenvalue weighted by molar-refractivity contribution is 7.10. The van der Waals surface area contributed by atoms with Crippen molar-refractivity contribution in [1.29, 1.82) is 0 Å². The van der Waals surface area contributed by atoms with Crippen LogP contribution in [-0.4, -0.2) is 22.0 Å². The molecule has 6 heteroatoms. The van der Waals surface area contributed by atoms with Gasteiger partial charge < -0.3 is 14.8 Å². The van der Waals surface area contributed by atoms with E-state index in [1.54, 1.807) is 0 Å². The molecule has 1 aromatic carbocycles. The van der Waals surface area contributed by atoms with Crippen LogP contribution >= 0.6 is 11.3 Å². The van der Waals surface area contributed by atoms with Gasteiger partial charge in [-0.2, -0.15) is 0 Å². The molecule has 0 saturated carbocycles. The van der Waals surface area contributed by atoms with Crippen LogP contribution in [0.3, 0.4) is 0 Å². The van der Waals surface area contributed by atoms with E-state index in [-0.39, 0.29) is 11.8 Å². The molecule has 5 rings (SSSR count). The first-order valence-electron chi connectivity index (χ1n) is 9.90. The fraction of sp³-hybridized carbons (Fsp3) is 0.364. The summed E-state index contributed by atoms with van der Waals surface area (Å²) in [5, 5.41) is 5.40. The zero-order valence-corrected chi connectivity index (χ0v) is 16.8. The van der Waals surface area contributed by atoms with Crippen LogP contribution in [0.4, 0.5) is 11.4 Å². The number of rotatable bonds is 3. The van der Waals surface area contributed by atoms with Crippen molar-refractivity contribution in [1.82, 2.24) is 9.55 Å². The number of fused-ring (bicyclic) bond motifs is 2. The SMILES string of the molecule is Cc1ncc2n1CC[C@H](C(=O)Nc1ccccc1N1CCc3sccc3C1)C2. The van der Waals surface area contributed by atoms with Crippen molar-refractivity contribution < 1.29 is 4.79 Å². The van der Waals surface area contributed by atoms with Gasteiger partial charge in [0.2, 0.25) is 5.91 Å². The van der Waals surface area contributed by atoms with Gasteiger partial charge in [0.15, 0.2) is 0 Å². The average molecular weight is 393 g/mol. The molecule has 0 saturated heterocycles. The molecule has 4 heterocycles. The molecule has 0 bridgehead atoms. The summed E-state index contributed by atoms with van der Waals surface area (Å²) in [5.41, 5.74) is 4.61. The Morgan fingerprint density at radius 1 is 1.25 bits per heavy atom. The molecular formula is C22H24N4OS. The summed E-state index contributed by atoms with van der Waals surface area (Å²) in [6.45, 7) is 4.79. The lowest BCUT2D eigenvalue weighted by molar-refractivity contribution is -0.120. The Bertz CT molecular complexity index is 1020. The number of benzene rings is 1. The summed E-state index contributed by atoms with van der Waals surface area (Å²) in [4.78, 5) is 21.3. The summed E-state index contributed by atoms with van der Waals surface area (Å²) in [7, 11) is 0. The molecular weight excluding hydrogens is 368 g/mol. The van der Waals surface area contributed by atoms with E-state index in [9.17, 15) is 4.79 Å². The van der Waals surface area contributed by atoms with Gasteiger partial charge in [0.1, 0.15) is 5.82 Å². The van der Waals surface area contributed by atoms with E-state index in [1.165, 1.54) is 16.1 Å². The maximum absolute atomic E-state index is 13.0. The van der Waals surface area contributed by atoms with Gasteiger partial charge in [-0.05, 0) is 48.9 Å². The normalized spacial score (nSPS) is 18.5. The Labute approximate surface area is 169 Å². The van der Waals surface area contributed by atoms with Gasteiger partial charge in [0.05, 0.1) is 11.4 Å². The number of hydrogen-bond acceptors (Lipinski definition) is 4. The van der Waals surface area contributed by atoms with Gasteiger partial charge >= 0.3 is 0 Å². The topological polar surface area (TPSA) is 50.2 Å². The summed E-state index contributed by atoms with van der Waals surface area (Å²) < 4.78 is 2.23. The van der Waals surface area contributed by atoms with Crippen LogP contribution in [-0.2, 0) is 30.7 Å². The molecule has 0 fully saturated rings. The van der Waals surface area contributed by atoms with Gasteiger partial charge in [-0.1, -0.05) is 12.1 Å². The first-order valence-corrected chi connectivity index (χ1v) is 10.8. The maximum Gasteiger partial charge on any atom is 0.228 e. The van der Waals surface area contributed by atoms with E-state index in [0.29, 0.717) is 0 Å². The smallest absolute Gasteiger partial charge is 0.228 e. The first-order chi connectivity index (χ1) is 13.7. The minimum Gasteiger partial charge on any atom is -0.365 e. The van der Waals surface area contributed by atoms with Crippen LogP contribution < -0.4 is 10.2 Å². The van der Waals surface area contributed by atoms with Crippen molar-refractivity contribution in [3.8, 4) is 0 Å². The lowest BCUT2D eigenvalue weighted by atomic mass is 9.95. The monoisotopic (exact) mass is 392 g/mol. The molecule has 5 nitrogen and oxygen atoms in total. The van der Waals surface area contributed by atoms with Crippen LogP contribution in [0.2, 0.25) is 0 Å². The predicted octanol–water partition coefficient (Wildman–Crippen LogP) is 4.02. The molecule has 0 spiro atoms. The number of imidazole rings is 1. The Morgan fingerprint density at radius 3 is 3.07 bits per heavy atom. The number of anilines is 2. The molecule has 1 atom stereocenters. The van der Waals surface area contributed by atoms with E-state index in [1.807, 2.05) is 36.6 Å². The van der Waals surface area contributed by atoms with Crippen LogP contribution in [0.5, 0.6) is 0 Å². The third kappa shape index (κ3) is 3.11. The number of nitrogens with zero attached hydrogens (tertiary/aromatic N) is 3. The third-order valence-electron chi connectivity index (χ3n) is 5.98. The molecule has 2 aromatic heterocycles. The summed E-state index contributed by atoms with van der Waals surface area (Å²) >= 11 is 1.85. The van der Waals surface area contributed by atoms with Crippen molar-refractivity contribution in [2.75, 3.05) is 16.8 Å². The highest BCUT2D eigenvalue weighted by Crippen LogP contribution is 2.33. The first kappa shape index (κ1) is 17.5. The quantitative estimate of drug-likeness (QED) is 0.732. The van der Waals surface area contributed by atoms with Crippen LogP contribution in [0.25, 0.3) is 0 Å². The highest BCUT2D eigenvalue weighted by atomic mass is 32.1. The Kier molecular flexibility index (Phi) is 4.43. The molecule has 144 valence electrons. The highest BCUT2D eigenvalue weighted by Gasteiger charge is 2.27. The molecule has 1 amide bonds. The van der Waals surface area contributed by atoms with E-state index < -0.39 is 0 Å². The van der Waals surface area contributed by atoms with Gasteiger partial charge in [0, 0.05) is 48.7 Å². The Hall–Kier alpha value is -2.60. The lowest BCUT2D eigenvalue weighted by Crippen LogP contribution is -2.33. The number of aromatic nitrogens is 2. The minimum atomic E-state index is 0.00138. The van der Waals surface area contributed by atoms with Crippen molar-refractivity contribution in [2.24, 2.45) is 5.92 Å². The lowest BCUT2D eigenvalue weighted by Gasteiger charge is -2.31. The van der Waals surface area contributed by atoms with E-state index in [2.05, 4.69) is 43.3 Å². The zero-order chi connectivity index (χ0) is 19.1. The largest absolute Gasteiger partial charge is 0.365 e. The van der Waals surface area contributed by atoms with Gasteiger partial charge in [0.25, 0.3) is 0 Å². The van der Waals surface area contributed by atoms with Crippen molar-refractivity contribution in [2.45, 2.75) is 39.3 Å².